The van der Waals surface area contributed by atoms with Crippen LogP contribution >= 0.6 is 12.2 Å². The van der Waals surface area contributed by atoms with Gasteiger partial charge in [-0.05, 0) is 42.4 Å². The maximum atomic E-state index is 8.97. The van der Waals surface area contributed by atoms with Gasteiger partial charge in [-0.2, -0.15) is 10.4 Å². The van der Waals surface area contributed by atoms with Gasteiger partial charge in [0.1, 0.15) is 11.8 Å². The number of methoxy groups -OCH3 is 1. The summed E-state index contributed by atoms with van der Waals surface area (Å²) in [7, 11) is 1.64. The molecule has 0 amide bonds. The first-order valence-electron chi connectivity index (χ1n) is 6.62. The van der Waals surface area contributed by atoms with Gasteiger partial charge < -0.3 is 15.4 Å². The van der Waals surface area contributed by atoms with Crippen LogP contribution in [0.4, 0.5) is 5.82 Å². The fourth-order valence-corrected chi connectivity index (χ4v) is 1.98. The van der Waals surface area contributed by atoms with Crippen LogP contribution in [0.1, 0.15) is 11.1 Å². The number of benzene rings is 1. The Morgan fingerprint density at radius 1 is 1.32 bits per heavy atom. The van der Waals surface area contributed by atoms with Gasteiger partial charge in [-0.25, -0.2) is 0 Å². The first-order chi connectivity index (χ1) is 10.7. The third kappa shape index (κ3) is 4.40. The van der Waals surface area contributed by atoms with Gasteiger partial charge in [0, 0.05) is 6.54 Å². The van der Waals surface area contributed by atoms with Crippen molar-refractivity contribution in [3.8, 4) is 11.8 Å². The lowest BCUT2D eigenvalue weighted by molar-refractivity contribution is 0.414. The second-order valence-corrected chi connectivity index (χ2v) is 4.79. The summed E-state index contributed by atoms with van der Waals surface area (Å²) in [4.78, 5) is 0. The number of ether oxygens (including phenoxy) is 1. The van der Waals surface area contributed by atoms with E-state index in [1.807, 2.05) is 30.3 Å². The molecule has 0 atom stereocenters. The zero-order chi connectivity index (χ0) is 15.8. The molecule has 0 aliphatic rings. The number of hydrogen-bond donors (Lipinski definition) is 2. The molecular formula is C15H15N5OS. The highest BCUT2D eigenvalue weighted by atomic mass is 32.1. The lowest BCUT2D eigenvalue weighted by Gasteiger charge is -2.10. The summed E-state index contributed by atoms with van der Waals surface area (Å²) in [6, 6.07) is 11.5. The van der Waals surface area contributed by atoms with Crippen LogP contribution in [0.25, 0.3) is 0 Å². The molecule has 0 unspecified atom stereocenters. The van der Waals surface area contributed by atoms with Gasteiger partial charge in [0.15, 0.2) is 10.9 Å². The van der Waals surface area contributed by atoms with Crippen molar-refractivity contribution >= 4 is 23.1 Å². The van der Waals surface area contributed by atoms with Crippen LogP contribution in [0, 0.1) is 11.3 Å². The molecular weight excluding hydrogens is 298 g/mol. The summed E-state index contributed by atoms with van der Waals surface area (Å²) < 4.78 is 5.11. The topological polar surface area (TPSA) is 82.9 Å². The predicted molar refractivity (Wildman–Crippen MR) is 87.7 cm³/mol. The van der Waals surface area contributed by atoms with E-state index in [0.29, 0.717) is 23.0 Å². The molecule has 1 aromatic carbocycles. The van der Waals surface area contributed by atoms with Crippen molar-refractivity contribution < 1.29 is 4.74 Å². The minimum absolute atomic E-state index is 0.354. The number of thiocarbonyl (C=S) groups is 1. The van der Waals surface area contributed by atoms with Crippen LogP contribution in [-0.2, 0) is 6.42 Å². The van der Waals surface area contributed by atoms with Crippen molar-refractivity contribution in [1.29, 1.82) is 5.26 Å². The van der Waals surface area contributed by atoms with E-state index in [1.165, 1.54) is 11.8 Å². The number of nitriles is 1. The number of nitrogens with zero attached hydrogens (tertiary/aromatic N) is 3. The molecule has 1 aromatic heterocycles. The molecule has 0 fully saturated rings. The molecule has 7 heteroatoms. The van der Waals surface area contributed by atoms with Gasteiger partial charge in [0.05, 0.1) is 18.9 Å². The molecule has 1 heterocycles. The zero-order valence-electron chi connectivity index (χ0n) is 12.0. The third-order valence-electron chi connectivity index (χ3n) is 2.93. The molecule has 2 N–H and O–H groups in total. The normalized spacial score (nSPS) is 9.64. The number of anilines is 1. The molecule has 0 bridgehead atoms. The summed E-state index contributed by atoms with van der Waals surface area (Å²) in [5.41, 5.74) is 1.57. The minimum Gasteiger partial charge on any atom is -0.497 e. The number of hydrogen-bond acceptors (Lipinski definition) is 5. The maximum Gasteiger partial charge on any atom is 0.172 e. The van der Waals surface area contributed by atoms with Crippen molar-refractivity contribution in [2.45, 2.75) is 6.42 Å². The molecule has 0 saturated carbocycles. The molecule has 0 saturated heterocycles. The minimum atomic E-state index is 0.354. The molecule has 0 spiro atoms. The first kappa shape index (κ1) is 15.7. The highest BCUT2D eigenvalue weighted by molar-refractivity contribution is 7.80. The molecule has 22 heavy (non-hydrogen) atoms. The standard InChI is InChI=1S/C15H15N5OS/c1-21-13-4-2-11(3-5-13)6-8-17-15(22)19-14-12(10-16)7-9-18-20-14/h2-5,7,9H,6,8H2,1H3,(H2,17,19,20,22). The fraction of sp³-hybridized carbons (Fsp3) is 0.200. The predicted octanol–water partition coefficient (Wildman–Crippen LogP) is 1.89. The van der Waals surface area contributed by atoms with E-state index in [4.69, 9.17) is 22.2 Å². The van der Waals surface area contributed by atoms with Crippen molar-refractivity contribution in [1.82, 2.24) is 15.5 Å². The van der Waals surface area contributed by atoms with Crippen LogP contribution in [0.3, 0.4) is 0 Å². The largest absolute Gasteiger partial charge is 0.497 e. The van der Waals surface area contributed by atoms with Gasteiger partial charge >= 0.3 is 0 Å². The fourth-order valence-electron chi connectivity index (χ4n) is 1.78. The van der Waals surface area contributed by atoms with Crippen molar-refractivity contribution in [2.75, 3.05) is 19.0 Å². The quantitative estimate of drug-likeness (QED) is 0.816. The van der Waals surface area contributed by atoms with E-state index in [9.17, 15) is 0 Å². The SMILES string of the molecule is COc1ccc(CCNC(=S)Nc2nnccc2C#N)cc1. The molecule has 0 aliphatic heterocycles. The van der Waals surface area contributed by atoms with Crippen LogP contribution in [0.15, 0.2) is 36.5 Å². The third-order valence-corrected chi connectivity index (χ3v) is 3.18. The average Bonchev–Trinajstić information content (AvgIpc) is 2.56. The second-order valence-electron chi connectivity index (χ2n) is 4.38. The van der Waals surface area contributed by atoms with Gasteiger partial charge in [-0.1, -0.05) is 12.1 Å². The number of aromatic nitrogens is 2. The van der Waals surface area contributed by atoms with Gasteiger partial charge in [0.2, 0.25) is 0 Å². The molecule has 112 valence electrons. The van der Waals surface area contributed by atoms with Gasteiger partial charge in [-0.15, -0.1) is 5.10 Å². The van der Waals surface area contributed by atoms with Gasteiger partial charge in [0.25, 0.3) is 0 Å². The smallest absolute Gasteiger partial charge is 0.172 e. The Labute approximate surface area is 134 Å². The van der Waals surface area contributed by atoms with Crippen molar-refractivity contribution in [3.05, 3.63) is 47.7 Å². The molecule has 0 radical (unpaired) electrons. The highest BCUT2D eigenvalue weighted by Gasteiger charge is 2.05. The molecule has 6 nitrogen and oxygen atoms in total. The average molecular weight is 313 g/mol. The Morgan fingerprint density at radius 2 is 2.09 bits per heavy atom. The summed E-state index contributed by atoms with van der Waals surface area (Å²) in [5, 5.41) is 22.9. The Bertz CT molecular complexity index is 681. The molecule has 0 aliphatic carbocycles. The summed E-state index contributed by atoms with van der Waals surface area (Å²) in [6.07, 6.45) is 2.28. The Morgan fingerprint density at radius 3 is 2.77 bits per heavy atom. The Kier molecular flexibility index (Phi) is 5.63. The van der Waals surface area contributed by atoms with Crippen molar-refractivity contribution in [3.63, 3.8) is 0 Å². The van der Waals surface area contributed by atoms with Crippen LogP contribution in [-0.4, -0.2) is 29.0 Å². The van der Waals surface area contributed by atoms with Gasteiger partial charge in [-0.3, -0.25) is 0 Å². The maximum absolute atomic E-state index is 8.97. The van der Waals surface area contributed by atoms with E-state index in [0.717, 1.165) is 12.2 Å². The van der Waals surface area contributed by atoms with E-state index in [1.54, 1.807) is 13.2 Å². The molecule has 2 rings (SSSR count). The van der Waals surface area contributed by atoms with E-state index in [2.05, 4.69) is 20.8 Å². The van der Waals surface area contributed by atoms with Crippen LogP contribution in [0.2, 0.25) is 0 Å². The molecule has 2 aromatic rings. The van der Waals surface area contributed by atoms with E-state index < -0.39 is 0 Å². The Hall–Kier alpha value is -2.72. The number of rotatable bonds is 5. The highest BCUT2D eigenvalue weighted by Crippen LogP contribution is 2.11. The summed E-state index contributed by atoms with van der Waals surface area (Å²) >= 11 is 5.18. The lowest BCUT2D eigenvalue weighted by atomic mass is 10.1. The zero-order valence-corrected chi connectivity index (χ0v) is 12.9. The summed E-state index contributed by atoms with van der Waals surface area (Å²) in [5.74, 6) is 1.19. The summed E-state index contributed by atoms with van der Waals surface area (Å²) in [6.45, 7) is 0.667. The van der Waals surface area contributed by atoms with Crippen molar-refractivity contribution in [2.24, 2.45) is 0 Å². The number of nitrogens with one attached hydrogen (secondary N) is 2. The Balaban J connectivity index is 1.81. The first-order valence-corrected chi connectivity index (χ1v) is 7.03. The second kappa shape index (κ2) is 7.90. The van der Waals surface area contributed by atoms with Crippen LogP contribution < -0.4 is 15.4 Å². The van der Waals surface area contributed by atoms with Crippen LogP contribution in [0.5, 0.6) is 5.75 Å². The van der Waals surface area contributed by atoms with E-state index >= 15 is 0 Å². The van der Waals surface area contributed by atoms with E-state index in [-0.39, 0.29) is 0 Å². The lowest BCUT2D eigenvalue weighted by Crippen LogP contribution is -2.30. The monoisotopic (exact) mass is 313 g/mol.